The fourth-order valence-corrected chi connectivity index (χ4v) is 2.80. The maximum Gasteiger partial charge on any atom is 0.267 e. The maximum atomic E-state index is 12.2. The molecular weight excluding hydrogens is 304 g/mol. The van der Waals surface area contributed by atoms with Gasteiger partial charge in [0.2, 0.25) is 0 Å². The summed E-state index contributed by atoms with van der Waals surface area (Å²) in [7, 11) is 0. The molecule has 3 rings (SSSR count). The van der Waals surface area contributed by atoms with E-state index in [2.05, 4.69) is 20.3 Å². The second kappa shape index (κ2) is 6.46. The van der Waals surface area contributed by atoms with Crippen molar-refractivity contribution in [1.82, 2.24) is 20.3 Å². The van der Waals surface area contributed by atoms with Gasteiger partial charge in [-0.05, 0) is 31.7 Å². The molecular formula is C15H17ClN4O2. The fraction of sp³-hybridized carbons (Fsp3) is 0.400. The molecule has 6 nitrogen and oxygen atoms in total. The standard InChI is InChI=1S/C15H17ClN4O2/c16-14-6-12(18-8-19-14)9-5-13(17-7-9)15(22)20-10-1-3-11(21)4-2-10/h5-8,10-11,17,21H,1-4H2,(H,20,22). The van der Waals surface area contributed by atoms with Gasteiger partial charge in [0.05, 0.1) is 11.8 Å². The Labute approximate surface area is 132 Å². The normalized spacial score (nSPS) is 21.5. The van der Waals surface area contributed by atoms with Gasteiger partial charge in [0, 0.05) is 23.9 Å². The van der Waals surface area contributed by atoms with E-state index in [0.717, 1.165) is 31.2 Å². The first-order valence-electron chi connectivity index (χ1n) is 7.27. The number of carbonyl (C=O) groups excluding carboxylic acids is 1. The molecule has 1 fully saturated rings. The van der Waals surface area contributed by atoms with Crippen LogP contribution >= 0.6 is 11.6 Å². The summed E-state index contributed by atoms with van der Waals surface area (Å²) in [4.78, 5) is 23.2. The van der Waals surface area contributed by atoms with Crippen LogP contribution in [0.3, 0.4) is 0 Å². The molecule has 22 heavy (non-hydrogen) atoms. The average Bonchev–Trinajstić information content (AvgIpc) is 3.00. The molecule has 2 aromatic rings. The Balaban J connectivity index is 1.67. The van der Waals surface area contributed by atoms with E-state index in [9.17, 15) is 9.90 Å². The second-order valence-corrected chi connectivity index (χ2v) is 5.89. The SMILES string of the molecule is O=C(NC1CCC(O)CC1)c1cc(-c2cc(Cl)ncn2)c[nH]1. The molecule has 116 valence electrons. The molecule has 1 amide bonds. The number of aromatic amines is 1. The number of hydrogen-bond donors (Lipinski definition) is 3. The number of nitrogens with one attached hydrogen (secondary N) is 2. The van der Waals surface area contributed by atoms with E-state index in [1.807, 2.05) is 0 Å². The predicted octanol–water partition coefficient (Wildman–Crippen LogP) is 2.16. The third-order valence-electron chi connectivity index (χ3n) is 3.89. The van der Waals surface area contributed by atoms with Crippen molar-refractivity contribution in [2.45, 2.75) is 37.8 Å². The number of halogens is 1. The number of amides is 1. The Hall–Kier alpha value is -1.92. The molecule has 1 aliphatic rings. The zero-order valence-corrected chi connectivity index (χ0v) is 12.7. The predicted molar refractivity (Wildman–Crippen MR) is 82.6 cm³/mol. The molecule has 2 aromatic heterocycles. The summed E-state index contributed by atoms with van der Waals surface area (Å²) in [6.45, 7) is 0. The van der Waals surface area contributed by atoms with E-state index in [1.165, 1.54) is 6.33 Å². The molecule has 0 radical (unpaired) electrons. The lowest BCUT2D eigenvalue weighted by Gasteiger charge is -2.25. The Morgan fingerprint density at radius 3 is 2.77 bits per heavy atom. The van der Waals surface area contributed by atoms with Gasteiger partial charge in [-0.25, -0.2) is 9.97 Å². The zero-order chi connectivity index (χ0) is 15.5. The first-order valence-corrected chi connectivity index (χ1v) is 7.65. The lowest BCUT2D eigenvalue weighted by Crippen LogP contribution is -2.38. The van der Waals surface area contributed by atoms with Crippen molar-refractivity contribution in [3.05, 3.63) is 35.5 Å². The van der Waals surface area contributed by atoms with Crippen molar-refractivity contribution in [1.29, 1.82) is 0 Å². The van der Waals surface area contributed by atoms with Gasteiger partial charge in [0.25, 0.3) is 5.91 Å². The van der Waals surface area contributed by atoms with E-state index in [-0.39, 0.29) is 18.1 Å². The van der Waals surface area contributed by atoms with Crippen LogP contribution in [-0.2, 0) is 0 Å². The second-order valence-electron chi connectivity index (χ2n) is 5.51. The molecule has 7 heteroatoms. The number of H-pyrrole nitrogens is 1. The highest BCUT2D eigenvalue weighted by atomic mass is 35.5. The summed E-state index contributed by atoms with van der Waals surface area (Å²) in [5, 5.41) is 12.8. The van der Waals surface area contributed by atoms with Crippen molar-refractivity contribution in [3.63, 3.8) is 0 Å². The monoisotopic (exact) mass is 320 g/mol. The summed E-state index contributed by atoms with van der Waals surface area (Å²) in [5.74, 6) is -0.146. The molecule has 1 saturated carbocycles. The van der Waals surface area contributed by atoms with Crippen molar-refractivity contribution in [3.8, 4) is 11.3 Å². The summed E-state index contributed by atoms with van der Waals surface area (Å²) in [5.41, 5.74) is 1.93. The minimum atomic E-state index is -0.229. The minimum Gasteiger partial charge on any atom is -0.393 e. The molecule has 2 heterocycles. The van der Waals surface area contributed by atoms with Crippen LogP contribution in [0, 0.1) is 0 Å². The number of nitrogens with zero attached hydrogens (tertiary/aromatic N) is 2. The van der Waals surface area contributed by atoms with Gasteiger partial charge >= 0.3 is 0 Å². The Bertz CT molecular complexity index is 665. The molecule has 3 N–H and O–H groups in total. The lowest BCUT2D eigenvalue weighted by molar-refractivity contribution is 0.0864. The minimum absolute atomic E-state index is 0.121. The largest absolute Gasteiger partial charge is 0.393 e. The molecule has 0 spiro atoms. The van der Waals surface area contributed by atoms with Crippen LogP contribution in [0.1, 0.15) is 36.2 Å². The van der Waals surface area contributed by atoms with Crippen LogP contribution in [-0.4, -0.2) is 38.1 Å². The van der Waals surface area contributed by atoms with Crippen LogP contribution < -0.4 is 5.32 Å². The number of aliphatic hydroxyl groups excluding tert-OH is 1. The smallest absolute Gasteiger partial charge is 0.267 e. The van der Waals surface area contributed by atoms with Gasteiger partial charge in [-0.3, -0.25) is 4.79 Å². The van der Waals surface area contributed by atoms with Gasteiger partial charge in [-0.1, -0.05) is 11.6 Å². The van der Waals surface area contributed by atoms with Gasteiger partial charge < -0.3 is 15.4 Å². The summed E-state index contributed by atoms with van der Waals surface area (Å²) in [6, 6.07) is 3.51. The number of rotatable bonds is 3. The van der Waals surface area contributed by atoms with Crippen LogP contribution in [0.5, 0.6) is 0 Å². The van der Waals surface area contributed by atoms with E-state index in [0.29, 0.717) is 16.5 Å². The molecule has 0 bridgehead atoms. The van der Waals surface area contributed by atoms with Crippen LogP contribution in [0.25, 0.3) is 11.3 Å². The van der Waals surface area contributed by atoms with E-state index in [1.54, 1.807) is 18.3 Å². The average molecular weight is 321 g/mol. The topological polar surface area (TPSA) is 90.9 Å². The molecule has 0 atom stereocenters. The number of aliphatic hydroxyl groups is 1. The molecule has 1 aliphatic carbocycles. The van der Waals surface area contributed by atoms with Crippen molar-refractivity contribution >= 4 is 17.5 Å². The van der Waals surface area contributed by atoms with Gasteiger partial charge in [-0.15, -0.1) is 0 Å². The van der Waals surface area contributed by atoms with Crippen molar-refractivity contribution in [2.24, 2.45) is 0 Å². The number of hydrogen-bond acceptors (Lipinski definition) is 4. The number of carbonyl (C=O) groups is 1. The van der Waals surface area contributed by atoms with Crippen molar-refractivity contribution in [2.75, 3.05) is 0 Å². The van der Waals surface area contributed by atoms with Crippen LogP contribution in [0.15, 0.2) is 24.7 Å². The molecule has 0 aromatic carbocycles. The Morgan fingerprint density at radius 1 is 1.27 bits per heavy atom. The first-order chi connectivity index (χ1) is 10.6. The highest BCUT2D eigenvalue weighted by Gasteiger charge is 2.21. The summed E-state index contributed by atoms with van der Waals surface area (Å²) < 4.78 is 0. The molecule has 0 aliphatic heterocycles. The fourth-order valence-electron chi connectivity index (χ4n) is 2.65. The Kier molecular flexibility index (Phi) is 4.40. The van der Waals surface area contributed by atoms with Crippen LogP contribution in [0.2, 0.25) is 5.15 Å². The molecule has 0 unspecified atom stereocenters. The van der Waals surface area contributed by atoms with E-state index >= 15 is 0 Å². The van der Waals surface area contributed by atoms with Gasteiger partial charge in [0.1, 0.15) is 17.2 Å². The van der Waals surface area contributed by atoms with E-state index in [4.69, 9.17) is 11.6 Å². The zero-order valence-electron chi connectivity index (χ0n) is 11.9. The van der Waals surface area contributed by atoms with Gasteiger partial charge in [-0.2, -0.15) is 0 Å². The third kappa shape index (κ3) is 3.45. The third-order valence-corrected chi connectivity index (χ3v) is 4.10. The van der Waals surface area contributed by atoms with Gasteiger partial charge in [0.15, 0.2) is 0 Å². The Morgan fingerprint density at radius 2 is 2.05 bits per heavy atom. The molecule has 0 saturated heterocycles. The summed E-state index contributed by atoms with van der Waals surface area (Å²) in [6.07, 6.45) is 5.97. The quantitative estimate of drug-likeness (QED) is 0.756. The van der Waals surface area contributed by atoms with Crippen LogP contribution in [0.4, 0.5) is 0 Å². The highest BCUT2D eigenvalue weighted by molar-refractivity contribution is 6.29. The first kappa shape index (κ1) is 15.0. The number of aromatic nitrogens is 3. The highest BCUT2D eigenvalue weighted by Crippen LogP contribution is 2.21. The summed E-state index contributed by atoms with van der Waals surface area (Å²) >= 11 is 5.84. The van der Waals surface area contributed by atoms with Crippen molar-refractivity contribution < 1.29 is 9.90 Å². The lowest BCUT2D eigenvalue weighted by atomic mass is 9.93. The van der Waals surface area contributed by atoms with E-state index < -0.39 is 0 Å². The maximum absolute atomic E-state index is 12.2.